The third-order valence-corrected chi connectivity index (χ3v) is 4.24. The summed E-state index contributed by atoms with van der Waals surface area (Å²) in [5.74, 6) is 11.5. The first-order valence-corrected chi connectivity index (χ1v) is 9.93. The van der Waals surface area contributed by atoms with Crippen molar-refractivity contribution in [1.29, 1.82) is 0 Å². The van der Waals surface area contributed by atoms with Gasteiger partial charge in [-0.15, -0.1) is 0 Å². The summed E-state index contributed by atoms with van der Waals surface area (Å²) >= 11 is 0. The molecule has 2 aromatic carbocycles. The number of nitrogens with two attached hydrogens (primary N) is 2. The Bertz CT molecular complexity index is 1090. The van der Waals surface area contributed by atoms with Crippen LogP contribution in [0.3, 0.4) is 0 Å². The van der Waals surface area contributed by atoms with Crippen molar-refractivity contribution in [1.82, 2.24) is 10.4 Å². The van der Waals surface area contributed by atoms with Crippen molar-refractivity contribution in [2.45, 2.75) is 0 Å². The van der Waals surface area contributed by atoms with Crippen LogP contribution in [0, 0.1) is 0 Å². The van der Waals surface area contributed by atoms with E-state index in [1.54, 1.807) is 42.6 Å². The molecule has 3 rings (SSSR count). The Morgan fingerprint density at radius 1 is 1.14 bits per heavy atom. The number of amidine groups is 1. The van der Waals surface area contributed by atoms with Gasteiger partial charge in [-0.25, -0.2) is 19.2 Å². The Balaban J connectivity index is 1.75. The number of nitrogens with zero attached hydrogens (tertiary/aromatic N) is 2. The molecule has 0 bridgehead atoms. The van der Waals surface area contributed by atoms with Crippen molar-refractivity contribution in [3.05, 3.63) is 60.3 Å². The van der Waals surface area contributed by atoms with Crippen molar-refractivity contribution in [3.8, 4) is 11.3 Å². The van der Waals surface area contributed by atoms with Gasteiger partial charge in [0.05, 0.1) is 18.1 Å². The molecule has 0 saturated heterocycles. The highest BCUT2D eigenvalue weighted by atomic mass is 32.2. The summed E-state index contributed by atoms with van der Waals surface area (Å²) in [5.41, 5.74) is 4.99. The second-order valence-corrected chi connectivity index (χ2v) is 7.56. The molecule has 3 aromatic rings. The Morgan fingerprint density at radius 2 is 1.86 bits per heavy atom. The van der Waals surface area contributed by atoms with Crippen LogP contribution in [0.1, 0.15) is 5.56 Å². The van der Waals surface area contributed by atoms with Crippen LogP contribution in [-0.4, -0.2) is 25.5 Å². The first-order valence-electron chi connectivity index (χ1n) is 8.04. The van der Waals surface area contributed by atoms with E-state index in [1.165, 1.54) is 0 Å². The molecule has 0 unspecified atom stereocenters. The molecule has 1 aromatic heterocycles. The Kier molecular flexibility index (Phi) is 5.47. The van der Waals surface area contributed by atoms with E-state index in [0.29, 0.717) is 23.0 Å². The van der Waals surface area contributed by atoms with Crippen molar-refractivity contribution >= 4 is 33.2 Å². The van der Waals surface area contributed by atoms with Gasteiger partial charge in [-0.05, 0) is 18.2 Å². The second kappa shape index (κ2) is 7.98. The zero-order valence-corrected chi connectivity index (χ0v) is 15.7. The summed E-state index contributed by atoms with van der Waals surface area (Å²) in [6, 6.07) is 14.2. The molecule has 7 N–H and O–H groups in total. The molecule has 0 fully saturated rings. The molecule has 0 saturated carbocycles. The van der Waals surface area contributed by atoms with Gasteiger partial charge in [0.1, 0.15) is 0 Å². The van der Waals surface area contributed by atoms with E-state index >= 15 is 0 Å². The van der Waals surface area contributed by atoms with Crippen LogP contribution in [0.15, 0.2) is 64.2 Å². The molecule has 0 aliphatic heterocycles. The number of rotatable bonds is 6. The third-order valence-electron chi connectivity index (χ3n) is 3.63. The van der Waals surface area contributed by atoms with Crippen LogP contribution in [0.4, 0.5) is 17.4 Å². The van der Waals surface area contributed by atoms with Gasteiger partial charge in [0.15, 0.2) is 11.6 Å². The number of hydrogen-bond donors (Lipinski definition) is 5. The average molecular weight is 401 g/mol. The van der Waals surface area contributed by atoms with Gasteiger partial charge in [0.2, 0.25) is 10.0 Å². The standard InChI is InChI=1S/C17H19N7O3S/c1-28(25,26)24-14-4-2-3-13(9-14)21-17-20-10-15(27-17)11-5-7-12(8-6-11)16(22-18)23-19/h2-10,24H,18-19H2,1H3,(H,20,21)(H,22,23). The van der Waals surface area contributed by atoms with Gasteiger partial charge in [0.25, 0.3) is 6.01 Å². The summed E-state index contributed by atoms with van der Waals surface area (Å²) in [4.78, 5) is 4.19. The minimum atomic E-state index is -3.36. The monoisotopic (exact) mass is 401 g/mol. The molecular weight excluding hydrogens is 382 g/mol. The van der Waals surface area contributed by atoms with E-state index in [-0.39, 0.29) is 6.01 Å². The minimum absolute atomic E-state index is 0.267. The number of hydrazone groups is 1. The van der Waals surface area contributed by atoms with Gasteiger partial charge in [-0.1, -0.05) is 30.3 Å². The fourth-order valence-corrected chi connectivity index (χ4v) is 3.01. The smallest absolute Gasteiger partial charge is 0.299 e. The van der Waals surface area contributed by atoms with Crippen molar-refractivity contribution in [2.24, 2.45) is 16.8 Å². The quantitative estimate of drug-likeness (QED) is 0.180. The van der Waals surface area contributed by atoms with Crippen LogP contribution >= 0.6 is 0 Å². The minimum Gasteiger partial charge on any atom is -0.423 e. The maximum atomic E-state index is 11.3. The van der Waals surface area contributed by atoms with E-state index in [1.807, 2.05) is 12.1 Å². The Morgan fingerprint density at radius 3 is 2.50 bits per heavy atom. The van der Waals surface area contributed by atoms with Gasteiger partial charge in [-0.2, -0.15) is 5.10 Å². The number of nitrogens with one attached hydrogen (secondary N) is 3. The summed E-state index contributed by atoms with van der Waals surface area (Å²) in [6.45, 7) is 0. The fraction of sp³-hybridized carbons (Fsp3) is 0.0588. The maximum Gasteiger partial charge on any atom is 0.299 e. The summed E-state index contributed by atoms with van der Waals surface area (Å²) in [7, 11) is -3.36. The number of anilines is 3. The van der Waals surface area contributed by atoms with Crippen molar-refractivity contribution in [2.75, 3.05) is 16.3 Å². The predicted octanol–water partition coefficient (Wildman–Crippen LogP) is 1.54. The SMILES string of the molecule is CS(=O)(=O)Nc1cccc(Nc2ncc(-c3ccc(/C(=N/N)NN)cc3)o2)c1. The summed E-state index contributed by atoms with van der Waals surface area (Å²) in [5, 5.41) is 6.54. The molecule has 0 aliphatic rings. The topological polar surface area (TPSA) is 161 Å². The fourth-order valence-electron chi connectivity index (χ4n) is 2.45. The number of aromatic nitrogens is 1. The van der Waals surface area contributed by atoms with Gasteiger partial charge < -0.3 is 21.0 Å². The molecular formula is C17H19N7O3S. The van der Waals surface area contributed by atoms with E-state index in [2.05, 4.69) is 25.6 Å². The van der Waals surface area contributed by atoms with Gasteiger partial charge in [-0.3, -0.25) is 4.72 Å². The van der Waals surface area contributed by atoms with E-state index in [9.17, 15) is 8.42 Å². The Hall–Kier alpha value is -3.57. The number of oxazole rings is 1. The number of benzene rings is 2. The molecule has 146 valence electrons. The highest BCUT2D eigenvalue weighted by Crippen LogP contribution is 2.26. The van der Waals surface area contributed by atoms with Crippen molar-refractivity contribution < 1.29 is 12.8 Å². The molecule has 0 aliphatic carbocycles. The first kappa shape index (κ1) is 19.2. The molecule has 10 nitrogen and oxygen atoms in total. The summed E-state index contributed by atoms with van der Waals surface area (Å²) < 4.78 is 30.8. The first-order chi connectivity index (χ1) is 13.4. The lowest BCUT2D eigenvalue weighted by molar-refractivity contribution is 0.592. The van der Waals surface area contributed by atoms with E-state index in [0.717, 1.165) is 17.4 Å². The lowest BCUT2D eigenvalue weighted by Gasteiger charge is -2.07. The molecule has 28 heavy (non-hydrogen) atoms. The third kappa shape index (κ3) is 4.78. The molecule has 0 spiro atoms. The Labute approximate surface area is 161 Å². The zero-order valence-electron chi connectivity index (χ0n) is 14.9. The molecule has 0 radical (unpaired) electrons. The predicted molar refractivity (Wildman–Crippen MR) is 108 cm³/mol. The maximum absolute atomic E-state index is 11.3. The normalized spacial score (nSPS) is 11.9. The van der Waals surface area contributed by atoms with Crippen LogP contribution < -0.4 is 27.2 Å². The highest BCUT2D eigenvalue weighted by Gasteiger charge is 2.09. The second-order valence-electron chi connectivity index (χ2n) is 5.81. The number of hydrogen-bond acceptors (Lipinski definition) is 8. The molecule has 11 heteroatoms. The van der Waals surface area contributed by atoms with Crippen LogP contribution in [-0.2, 0) is 10.0 Å². The van der Waals surface area contributed by atoms with E-state index < -0.39 is 10.0 Å². The largest absolute Gasteiger partial charge is 0.423 e. The molecule has 0 atom stereocenters. The van der Waals surface area contributed by atoms with Crippen LogP contribution in [0.5, 0.6) is 0 Å². The van der Waals surface area contributed by atoms with Crippen LogP contribution in [0.25, 0.3) is 11.3 Å². The van der Waals surface area contributed by atoms with Crippen molar-refractivity contribution in [3.63, 3.8) is 0 Å². The average Bonchev–Trinajstić information content (AvgIpc) is 3.11. The van der Waals surface area contributed by atoms with Gasteiger partial charge >= 0.3 is 0 Å². The van der Waals surface area contributed by atoms with Crippen LogP contribution in [0.2, 0.25) is 0 Å². The van der Waals surface area contributed by atoms with Gasteiger partial charge in [0, 0.05) is 16.8 Å². The lowest BCUT2D eigenvalue weighted by atomic mass is 10.1. The molecule has 0 amide bonds. The van der Waals surface area contributed by atoms with E-state index in [4.69, 9.17) is 16.1 Å². The lowest BCUT2D eigenvalue weighted by Crippen LogP contribution is -2.31. The summed E-state index contributed by atoms with van der Waals surface area (Å²) in [6.07, 6.45) is 2.67. The number of hydrazine groups is 1. The molecule has 1 heterocycles. The highest BCUT2D eigenvalue weighted by molar-refractivity contribution is 7.92. The number of sulfonamides is 1. The zero-order chi connectivity index (χ0) is 20.1.